The molecule has 0 fully saturated rings. The quantitative estimate of drug-likeness (QED) is 0.824. The highest BCUT2D eigenvalue weighted by atomic mass is 16.5. The van der Waals surface area contributed by atoms with Crippen molar-refractivity contribution in [1.29, 1.82) is 0 Å². The summed E-state index contributed by atoms with van der Waals surface area (Å²) in [6.45, 7) is 2.17. The first-order chi connectivity index (χ1) is 10.7. The molecular weight excluding hydrogens is 274 g/mol. The zero-order valence-corrected chi connectivity index (χ0v) is 13.2. The zero-order valence-electron chi connectivity index (χ0n) is 13.2. The second kappa shape index (κ2) is 8.23. The predicted octanol–water partition coefficient (Wildman–Crippen LogP) is 4.36. The Morgan fingerprint density at radius 3 is 2.59 bits per heavy atom. The Bertz CT molecular complexity index is 595. The summed E-state index contributed by atoms with van der Waals surface area (Å²) in [5, 5.41) is 2.63. The number of ether oxygens (including phenoxy) is 1. The number of nitrogens with one attached hydrogen (secondary N) is 1. The van der Waals surface area contributed by atoms with Gasteiger partial charge >= 0.3 is 0 Å². The van der Waals surface area contributed by atoms with Crippen LogP contribution in [0.25, 0.3) is 0 Å². The van der Waals surface area contributed by atoms with E-state index in [1.807, 2.05) is 30.3 Å². The fourth-order valence-corrected chi connectivity index (χ4v) is 2.37. The third-order valence-electron chi connectivity index (χ3n) is 3.59. The van der Waals surface area contributed by atoms with Crippen molar-refractivity contribution in [1.82, 2.24) is 5.32 Å². The summed E-state index contributed by atoms with van der Waals surface area (Å²) in [5.74, 6) is 0.626. The van der Waals surface area contributed by atoms with E-state index in [-0.39, 0.29) is 12.0 Å². The lowest BCUT2D eigenvalue weighted by Crippen LogP contribution is -2.17. The van der Waals surface area contributed by atoms with Crippen molar-refractivity contribution < 1.29 is 9.53 Å². The molecule has 0 aliphatic heterocycles. The van der Waals surface area contributed by atoms with Gasteiger partial charge in [0.25, 0.3) is 5.91 Å². The molecule has 1 N–H and O–H groups in total. The second-order valence-corrected chi connectivity index (χ2v) is 5.27. The number of carbonyl (C=O) groups is 1. The molecule has 1 amide bonds. The van der Waals surface area contributed by atoms with Crippen LogP contribution >= 0.6 is 0 Å². The van der Waals surface area contributed by atoms with E-state index in [1.165, 1.54) is 5.56 Å². The van der Waals surface area contributed by atoms with Crippen molar-refractivity contribution >= 4 is 5.91 Å². The van der Waals surface area contributed by atoms with Crippen LogP contribution in [0, 0.1) is 0 Å². The summed E-state index contributed by atoms with van der Waals surface area (Å²) >= 11 is 0. The monoisotopic (exact) mass is 297 g/mol. The Balaban J connectivity index is 2.18. The van der Waals surface area contributed by atoms with Crippen LogP contribution in [0.3, 0.4) is 0 Å². The summed E-state index contributed by atoms with van der Waals surface area (Å²) in [5.41, 5.74) is 1.78. The van der Waals surface area contributed by atoms with E-state index in [4.69, 9.17) is 4.74 Å². The number of hydrogen-bond donors (Lipinski definition) is 1. The first-order valence-electron chi connectivity index (χ1n) is 7.78. The van der Waals surface area contributed by atoms with Gasteiger partial charge in [0, 0.05) is 12.6 Å². The SMILES string of the molecule is CCCCC(Oc1cccc(C(=O)NC)c1)c1ccccc1. The fourth-order valence-electron chi connectivity index (χ4n) is 2.37. The van der Waals surface area contributed by atoms with Gasteiger partial charge in [0.15, 0.2) is 0 Å². The summed E-state index contributed by atoms with van der Waals surface area (Å²) < 4.78 is 6.16. The standard InChI is InChI=1S/C19H23NO2/c1-3-4-13-18(15-9-6-5-7-10-15)22-17-12-8-11-16(14-17)19(21)20-2/h5-12,14,18H,3-4,13H2,1-2H3,(H,20,21). The Hall–Kier alpha value is -2.29. The topological polar surface area (TPSA) is 38.3 Å². The van der Waals surface area contributed by atoms with Crippen molar-refractivity contribution in [2.24, 2.45) is 0 Å². The fraction of sp³-hybridized carbons (Fsp3) is 0.316. The third kappa shape index (κ3) is 4.35. The highest BCUT2D eigenvalue weighted by Gasteiger charge is 2.13. The molecule has 0 bridgehead atoms. The molecule has 3 nitrogen and oxygen atoms in total. The maximum absolute atomic E-state index is 11.7. The van der Waals surface area contributed by atoms with Crippen LogP contribution in [-0.4, -0.2) is 13.0 Å². The Labute approximate surface area is 132 Å². The van der Waals surface area contributed by atoms with Crippen LogP contribution in [0.15, 0.2) is 54.6 Å². The lowest BCUT2D eigenvalue weighted by atomic mass is 10.0. The molecule has 2 aromatic carbocycles. The van der Waals surface area contributed by atoms with Crippen LogP contribution in [0.1, 0.15) is 48.2 Å². The number of benzene rings is 2. The van der Waals surface area contributed by atoms with E-state index in [2.05, 4.69) is 24.4 Å². The molecule has 116 valence electrons. The van der Waals surface area contributed by atoms with Gasteiger partial charge in [0.2, 0.25) is 0 Å². The molecule has 0 heterocycles. The molecule has 3 heteroatoms. The van der Waals surface area contributed by atoms with Gasteiger partial charge in [-0.05, 0) is 36.6 Å². The van der Waals surface area contributed by atoms with Crippen molar-refractivity contribution in [3.63, 3.8) is 0 Å². The average Bonchev–Trinajstić information content (AvgIpc) is 2.59. The number of unbranched alkanes of at least 4 members (excludes halogenated alkanes) is 1. The minimum Gasteiger partial charge on any atom is -0.486 e. The zero-order chi connectivity index (χ0) is 15.8. The second-order valence-electron chi connectivity index (χ2n) is 5.27. The molecule has 2 rings (SSSR count). The van der Waals surface area contributed by atoms with Crippen molar-refractivity contribution in [2.45, 2.75) is 32.3 Å². The molecule has 22 heavy (non-hydrogen) atoms. The third-order valence-corrected chi connectivity index (χ3v) is 3.59. The summed E-state index contributed by atoms with van der Waals surface area (Å²) in [7, 11) is 1.63. The molecule has 0 aliphatic rings. The van der Waals surface area contributed by atoms with Gasteiger partial charge in [0.1, 0.15) is 11.9 Å². The summed E-state index contributed by atoms with van der Waals surface area (Å²) in [6.07, 6.45) is 3.21. The van der Waals surface area contributed by atoms with Crippen molar-refractivity contribution in [3.05, 3.63) is 65.7 Å². The van der Waals surface area contributed by atoms with Crippen LogP contribution in [0.5, 0.6) is 5.75 Å². The first kappa shape index (κ1) is 16.1. The van der Waals surface area contributed by atoms with Gasteiger partial charge in [0.05, 0.1) is 0 Å². The van der Waals surface area contributed by atoms with E-state index in [1.54, 1.807) is 19.2 Å². The van der Waals surface area contributed by atoms with Crippen molar-refractivity contribution in [3.8, 4) is 5.75 Å². The van der Waals surface area contributed by atoms with Gasteiger partial charge in [-0.1, -0.05) is 49.7 Å². The van der Waals surface area contributed by atoms with Gasteiger partial charge in [-0.2, -0.15) is 0 Å². The van der Waals surface area contributed by atoms with E-state index in [9.17, 15) is 4.79 Å². The lowest BCUT2D eigenvalue weighted by Gasteiger charge is -2.20. The van der Waals surface area contributed by atoms with Gasteiger partial charge in [-0.15, -0.1) is 0 Å². The molecule has 1 atom stereocenters. The number of amides is 1. The van der Waals surface area contributed by atoms with Gasteiger partial charge in [-0.25, -0.2) is 0 Å². The Morgan fingerprint density at radius 2 is 1.91 bits per heavy atom. The van der Waals surface area contributed by atoms with Crippen molar-refractivity contribution in [2.75, 3.05) is 7.05 Å². The van der Waals surface area contributed by atoms with Crippen LogP contribution in [0.4, 0.5) is 0 Å². The largest absolute Gasteiger partial charge is 0.486 e. The molecule has 1 unspecified atom stereocenters. The van der Waals surface area contributed by atoms with E-state index >= 15 is 0 Å². The Morgan fingerprint density at radius 1 is 1.14 bits per heavy atom. The highest BCUT2D eigenvalue weighted by molar-refractivity contribution is 5.94. The molecule has 2 aromatic rings. The number of rotatable bonds is 7. The van der Waals surface area contributed by atoms with Crippen LogP contribution in [0.2, 0.25) is 0 Å². The number of hydrogen-bond acceptors (Lipinski definition) is 2. The smallest absolute Gasteiger partial charge is 0.251 e. The minimum atomic E-state index is -0.102. The molecule has 0 spiro atoms. The molecule has 0 saturated heterocycles. The highest BCUT2D eigenvalue weighted by Crippen LogP contribution is 2.27. The van der Waals surface area contributed by atoms with E-state index in [0.29, 0.717) is 5.56 Å². The van der Waals surface area contributed by atoms with Crippen LogP contribution in [-0.2, 0) is 0 Å². The minimum absolute atomic E-state index is 0.0149. The van der Waals surface area contributed by atoms with Crippen LogP contribution < -0.4 is 10.1 Å². The summed E-state index contributed by atoms with van der Waals surface area (Å²) in [4.78, 5) is 11.7. The summed E-state index contributed by atoms with van der Waals surface area (Å²) in [6, 6.07) is 17.6. The Kier molecular flexibility index (Phi) is 6.01. The molecule has 0 radical (unpaired) electrons. The van der Waals surface area contributed by atoms with Gasteiger partial charge < -0.3 is 10.1 Å². The maximum Gasteiger partial charge on any atom is 0.251 e. The van der Waals surface area contributed by atoms with E-state index < -0.39 is 0 Å². The molecule has 0 saturated carbocycles. The predicted molar refractivity (Wildman–Crippen MR) is 89.2 cm³/mol. The number of carbonyl (C=O) groups excluding carboxylic acids is 1. The van der Waals surface area contributed by atoms with E-state index in [0.717, 1.165) is 25.0 Å². The average molecular weight is 297 g/mol. The molecule has 0 aromatic heterocycles. The van der Waals surface area contributed by atoms with Gasteiger partial charge in [-0.3, -0.25) is 4.79 Å². The first-order valence-corrected chi connectivity index (χ1v) is 7.78. The lowest BCUT2D eigenvalue weighted by molar-refractivity contribution is 0.0962. The normalized spacial score (nSPS) is 11.7. The molecular formula is C19H23NO2. The maximum atomic E-state index is 11.7. The molecule has 0 aliphatic carbocycles.